The van der Waals surface area contributed by atoms with Gasteiger partial charge in [-0.05, 0) is 35.2 Å². The first-order valence-electron chi connectivity index (χ1n) is 8.26. The van der Waals surface area contributed by atoms with Gasteiger partial charge in [-0.2, -0.15) is 0 Å². The van der Waals surface area contributed by atoms with E-state index in [0.29, 0.717) is 13.1 Å². The third-order valence-corrected chi connectivity index (χ3v) is 4.97. The molecule has 1 saturated heterocycles. The molecular formula is C19H22BrN3O. The first kappa shape index (κ1) is 17.1. The molecule has 1 aliphatic rings. The Labute approximate surface area is 151 Å². The van der Waals surface area contributed by atoms with Crippen molar-refractivity contribution >= 4 is 21.8 Å². The Kier molecular flexibility index (Phi) is 5.66. The first-order valence-corrected chi connectivity index (χ1v) is 9.06. The largest absolute Gasteiger partial charge is 0.352 e. The summed E-state index contributed by atoms with van der Waals surface area (Å²) < 4.78 is 1.04. The summed E-state index contributed by atoms with van der Waals surface area (Å²) in [5.41, 5.74) is 9.89. The molecule has 1 amide bonds. The van der Waals surface area contributed by atoms with Crippen LogP contribution in [0.25, 0.3) is 0 Å². The van der Waals surface area contributed by atoms with Crippen LogP contribution >= 0.6 is 15.9 Å². The van der Waals surface area contributed by atoms with E-state index in [-0.39, 0.29) is 17.9 Å². The molecule has 0 aromatic heterocycles. The van der Waals surface area contributed by atoms with Gasteiger partial charge in [0.1, 0.15) is 0 Å². The fraction of sp³-hybridized carbons (Fsp3) is 0.316. The van der Waals surface area contributed by atoms with Crippen LogP contribution in [0.4, 0.5) is 0 Å². The molecule has 1 fully saturated rings. The quantitative estimate of drug-likeness (QED) is 0.738. The van der Waals surface area contributed by atoms with Crippen molar-refractivity contribution in [1.29, 1.82) is 0 Å². The van der Waals surface area contributed by atoms with Crippen LogP contribution in [0.15, 0.2) is 53.0 Å². The molecular weight excluding hydrogens is 366 g/mol. The van der Waals surface area contributed by atoms with Gasteiger partial charge in [-0.3, -0.25) is 10.2 Å². The number of hydrogen-bond donors (Lipinski definition) is 3. The van der Waals surface area contributed by atoms with Gasteiger partial charge in [-0.1, -0.05) is 59.3 Å². The Bertz CT molecular complexity index is 685. The molecule has 0 bridgehead atoms. The van der Waals surface area contributed by atoms with E-state index in [4.69, 9.17) is 0 Å². The molecule has 1 aliphatic heterocycles. The van der Waals surface area contributed by atoms with Gasteiger partial charge in [-0.25, -0.2) is 5.43 Å². The lowest BCUT2D eigenvalue weighted by molar-refractivity contribution is -0.125. The SMILES string of the molecule is CCc1ccc(C2NNCC2C(=O)NCc2ccc(Br)cc2)cc1. The van der Waals surface area contributed by atoms with E-state index in [1.165, 1.54) is 5.56 Å². The molecule has 126 valence electrons. The van der Waals surface area contributed by atoms with Crippen LogP contribution in [-0.4, -0.2) is 12.5 Å². The number of aryl methyl sites for hydroxylation is 1. The van der Waals surface area contributed by atoms with E-state index >= 15 is 0 Å². The highest BCUT2D eigenvalue weighted by molar-refractivity contribution is 9.10. The Morgan fingerprint density at radius 2 is 1.79 bits per heavy atom. The van der Waals surface area contributed by atoms with E-state index in [2.05, 4.69) is 63.3 Å². The minimum atomic E-state index is -0.118. The number of hydrogen-bond acceptors (Lipinski definition) is 3. The van der Waals surface area contributed by atoms with Crippen LogP contribution in [0.3, 0.4) is 0 Å². The molecule has 5 heteroatoms. The molecule has 3 N–H and O–H groups in total. The van der Waals surface area contributed by atoms with Crippen molar-refractivity contribution in [3.05, 3.63) is 69.7 Å². The summed E-state index contributed by atoms with van der Waals surface area (Å²) in [6.07, 6.45) is 1.02. The van der Waals surface area contributed by atoms with Crippen molar-refractivity contribution in [2.24, 2.45) is 5.92 Å². The van der Waals surface area contributed by atoms with Crippen LogP contribution in [0.1, 0.15) is 29.7 Å². The summed E-state index contributed by atoms with van der Waals surface area (Å²) in [5, 5.41) is 3.05. The number of carbonyl (C=O) groups is 1. The number of amides is 1. The second kappa shape index (κ2) is 7.92. The van der Waals surface area contributed by atoms with E-state index in [9.17, 15) is 4.79 Å². The van der Waals surface area contributed by atoms with Gasteiger partial charge in [0.05, 0.1) is 12.0 Å². The minimum absolute atomic E-state index is 0.000763. The van der Waals surface area contributed by atoms with Crippen LogP contribution in [-0.2, 0) is 17.8 Å². The lowest BCUT2D eigenvalue weighted by atomic mass is 9.93. The number of rotatable bonds is 5. The third-order valence-electron chi connectivity index (χ3n) is 4.45. The number of nitrogens with one attached hydrogen (secondary N) is 3. The molecule has 0 aliphatic carbocycles. The predicted molar refractivity (Wildman–Crippen MR) is 99.2 cm³/mol. The number of benzene rings is 2. The highest BCUT2D eigenvalue weighted by Gasteiger charge is 2.33. The zero-order chi connectivity index (χ0) is 16.9. The fourth-order valence-electron chi connectivity index (χ4n) is 2.94. The van der Waals surface area contributed by atoms with Crippen LogP contribution in [0, 0.1) is 5.92 Å². The summed E-state index contributed by atoms with van der Waals surface area (Å²) in [4.78, 5) is 12.6. The molecule has 0 radical (unpaired) electrons. The number of hydrazine groups is 1. The van der Waals surface area contributed by atoms with Gasteiger partial charge in [-0.15, -0.1) is 0 Å². The van der Waals surface area contributed by atoms with Crippen LogP contribution in [0.2, 0.25) is 0 Å². The second-order valence-electron chi connectivity index (χ2n) is 6.05. The maximum absolute atomic E-state index is 12.6. The van der Waals surface area contributed by atoms with Crippen molar-refractivity contribution in [3.63, 3.8) is 0 Å². The lowest BCUT2D eigenvalue weighted by Crippen LogP contribution is -2.34. The zero-order valence-corrected chi connectivity index (χ0v) is 15.3. The lowest BCUT2D eigenvalue weighted by Gasteiger charge is -2.19. The second-order valence-corrected chi connectivity index (χ2v) is 6.96. The maximum Gasteiger partial charge on any atom is 0.226 e. The summed E-state index contributed by atoms with van der Waals surface area (Å²) in [6, 6.07) is 16.5. The van der Waals surface area contributed by atoms with Crippen molar-refractivity contribution in [1.82, 2.24) is 16.2 Å². The number of halogens is 1. The average molecular weight is 388 g/mol. The molecule has 2 aromatic carbocycles. The monoisotopic (exact) mass is 387 g/mol. The number of carbonyl (C=O) groups excluding carboxylic acids is 1. The van der Waals surface area contributed by atoms with Crippen molar-refractivity contribution < 1.29 is 4.79 Å². The topological polar surface area (TPSA) is 53.2 Å². The molecule has 1 heterocycles. The van der Waals surface area contributed by atoms with Crippen molar-refractivity contribution in [2.45, 2.75) is 25.9 Å². The smallest absolute Gasteiger partial charge is 0.226 e. The summed E-state index contributed by atoms with van der Waals surface area (Å²) in [7, 11) is 0. The fourth-order valence-corrected chi connectivity index (χ4v) is 3.20. The van der Waals surface area contributed by atoms with Gasteiger partial charge in [0.2, 0.25) is 5.91 Å². The third kappa shape index (κ3) is 4.04. The Morgan fingerprint density at radius 3 is 2.46 bits per heavy atom. The summed E-state index contributed by atoms with van der Waals surface area (Å²) in [5.74, 6) is -0.0482. The Hall–Kier alpha value is -1.69. The molecule has 0 saturated carbocycles. The van der Waals surface area contributed by atoms with Crippen molar-refractivity contribution in [3.8, 4) is 0 Å². The van der Waals surface area contributed by atoms with Gasteiger partial charge in [0.15, 0.2) is 0 Å². The normalized spacial score (nSPS) is 20.1. The minimum Gasteiger partial charge on any atom is -0.352 e. The highest BCUT2D eigenvalue weighted by Crippen LogP contribution is 2.25. The molecule has 2 atom stereocenters. The van der Waals surface area contributed by atoms with Crippen LogP contribution in [0.5, 0.6) is 0 Å². The highest BCUT2D eigenvalue weighted by atomic mass is 79.9. The maximum atomic E-state index is 12.6. The van der Waals surface area contributed by atoms with E-state index in [1.54, 1.807) is 0 Å². The zero-order valence-electron chi connectivity index (χ0n) is 13.7. The van der Waals surface area contributed by atoms with Gasteiger partial charge in [0, 0.05) is 17.6 Å². The average Bonchev–Trinajstić information content (AvgIpc) is 3.11. The summed E-state index contributed by atoms with van der Waals surface area (Å²) >= 11 is 3.42. The van der Waals surface area contributed by atoms with E-state index in [0.717, 1.165) is 22.0 Å². The standard InChI is InChI=1S/C19H22BrN3O/c1-2-13-3-7-15(8-4-13)18-17(12-22-23-18)19(24)21-11-14-5-9-16(20)10-6-14/h3-10,17-18,22-23H,2,11-12H2,1H3,(H,21,24). The van der Waals surface area contributed by atoms with Gasteiger partial charge >= 0.3 is 0 Å². The predicted octanol–water partition coefficient (Wildman–Crippen LogP) is 3.09. The molecule has 4 nitrogen and oxygen atoms in total. The van der Waals surface area contributed by atoms with Crippen molar-refractivity contribution in [2.75, 3.05) is 6.54 Å². The van der Waals surface area contributed by atoms with Crippen LogP contribution < -0.4 is 16.2 Å². The van der Waals surface area contributed by atoms with Gasteiger partial charge in [0.25, 0.3) is 0 Å². The molecule has 24 heavy (non-hydrogen) atoms. The molecule has 3 rings (SSSR count). The Balaban J connectivity index is 1.63. The van der Waals surface area contributed by atoms with E-state index in [1.807, 2.05) is 24.3 Å². The molecule has 0 spiro atoms. The molecule has 2 aromatic rings. The summed E-state index contributed by atoms with van der Waals surface area (Å²) in [6.45, 7) is 3.32. The van der Waals surface area contributed by atoms with Gasteiger partial charge < -0.3 is 5.32 Å². The Morgan fingerprint density at radius 1 is 1.12 bits per heavy atom. The molecule has 2 unspecified atom stereocenters. The first-order chi connectivity index (χ1) is 11.7. The van der Waals surface area contributed by atoms with E-state index < -0.39 is 0 Å².